The van der Waals surface area contributed by atoms with Crippen LogP contribution in [0.2, 0.25) is 0 Å². The lowest BCUT2D eigenvalue weighted by Gasteiger charge is -2.24. The van der Waals surface area contributed by atoms with Crippen molar-refractivity contribution in [3.05, 3.63) is 0 Å². The molecule has 0 saturated heterocycles. The first-order valence-corrected chi connectivity index (χ1v) is 17.5. The fraction of sp³-hybridized carbons (Fsp3) is 1.00. The molecule has 0 spiro atoms. The molecule has 40 heavy (non-hydrogen) atoms. The summed E-state index contributed by atoms with van der Waals surface area (Å²) in [6.07, 6.45) is 19.0. The molecule has 0 aliphatic rings. The van der Waals surface area contributed by atoms with E-state index in [4.69, 9.17) is 23.6 Å². The molecule has 242 valence electrons. The molecule has 0 saturated carbocycles. The van der Waals surface area contributed by atoms with Crippen LogP contribution in [0.25, 0.3) is 0 Å². The molecule has 10 heteroatoms. The van der Waals surface area contributed by atoms with E-state index < -0.39 is 20.0 Å². The van der Waals surface area contributed by atoms with E-state index in [1.807, 2.05) is 21.1 Å². The fourth-order valence-corrected chi connectivity index (χ4v) is 4.97. The molecule has 0 heterocycles. The number of hydrogen-bond acceptors (Lipinski definition) is 7. The topological polar surface area (TPSA) is 115 Å². The smallest absolute Gasteiger partial charge is 0.394 e. The Bertz CT molecular complexity index is 591. The van der Waals surface area contributed by atoms with E-state index in [0.717, 1.165) is 12.8 Å². The molecule has 9 nitrogen and oxygen atoms in total. The molecule has 0 amide bonds. The maximum atomic E-state index is 12.3. The molecule has 0 aromatic carbocycles. The Morgan fingerprint density at radius 2 is 1.23 bits per heavy atom. The van der Waals surface area contributed by atoms with Gasteiger partial charge in [-0.05, 0) is 25.7 Å². The van der Waals surface area contributed by atoms with Crippen LogP contribution in [-0.4, -0.2) is 99.1 Å². The van der Waals surface area contributed by atoms with Crippen molar-refractivity contribution in [3.8, 4) is 0 Å². The van der Waals surface area contributed by atoms with Gasteiger partial charge >= 0.3 is 7.82 Å². The summed E-state index contributed by atoms with van der Waals surface area (Å²) >= 11 is 0. The summed E-state index contributed by atoms with van der Waals surface area (Å²) < 4.78 is 34.8. The number of rotatable bonds is 31. The first-order valence-electron chi connectivity index (χ1n) is 16.0. The third kappa shape index (κ3) is 29.4. The van der Waals surface area contributed by atoms with Crippen LogP contribution in [0, 0.1) is 0 Å². The van der Waals surface area contributed by atoms with Crippen molar-refractivity contribution in [2.24, 2.45) is 0 Å². The van der Waals surface area contributed by atoms with Crippen molar-refractivity contribution < 1.29 is 42.7 Å². The Labute approximate surface area is 246 Å². The third-order valence-electron chi connectivity index (χ3n) is 6.88. The maximum absolute atomic E-state index is 12.3. The van der Waals surface area contributed by atoms with Gasteiger partial charge < -0.3 is 29.1 Å². The number of aliphatic hydroxyl groups excluding tert-OH is 2. The molecule has 0 radical (unpaired) electrons. The minimum Gasteiger partial charge on any atom is -0.394 e. The van der Waals surface area contributed by atoms with Gasteiger partial charge in [-0.2, -0.15) is 0 Å². The zero-order valence-corrected chi connectivity index (χ0v) is 27.3. The fourth-order valence-electron chi connectivity index (χ4n) is 4.23. The molecular formula is C30H65NO8P+. The van der Waals surface area contributed by atoms with Gasteiger partial charge in [0.25, 0.3) is 0 Å². The van der Waals surface area contributed by atoms with Gasteiger partial charge in [-0.15, -0.1) is 0 Å². The summed E-state index contributed by atoms with van der Waals surface area (Å²) in [5.74, 6) is 0. The van der Waals surface area contributed by atoms with Crippen LogP contribution < -0.4 is 0 Å². The quantitative estimate of drug-likeness (QED) is 0.0489. The van der Waals surface area contributed by atoms with Gasteiger partial charge in [0.2, 0.25) is 0 Å². The summed E-state index contributed by atoms with van der Waals surface area (Å²) in [5, 5.41) is 18.4. The number of hydrogen-bond donors (Lipinski definition) is 3. The SMILES string of the molecule is CCCCCCCCCCCCCCCCOCC(COP(=O)(O)OCC[N+](C)(C)C)OCCCCC(O)CO. The van der Waals surface area contributed by atoms with Gasteiger partial charge in [0.1, 0.15) is 19.3 Å². The molecule has 0 fully saturated rings. The molecule has 3 atom stereocenters. The van der Waals surface area contributed by atoms with Gasteiger partial charge in [-0.1, -0.05) is 90.4 Å². The zero-order valence-electron chi connectivity index (χ0n) is 26.4. The van der Waals surface area contributed by atoms with Crippen molar-refractivity contribution in [1.29, 1.82) is 0 Å². The van der Waals surface area contributed by atoms with Gasteiger partial charge in [0, 0.05) is 13.2 Å². The highest BCUT2D eigenvalue weighted by Crippen LogP contribution is 2.43. The first kappa shape index (κ1) is 39.9. The summed E-state index contributed by atoms with van der Waals surface area (Å²) in [7, 11) is 1.76. The lowest BCUT2D eigenvalue weighted by molar-refractivity contribution is -0.870. The predicted octanol–water partition coefficient (Wildman–Crippen LogP) is 6.23. The second-order valence-corrected chi connectivity index (χ2v) is 13.6. The molecule has 0 rings (SSSR count). The summed E-state index contributed by atoms with van der Waals surface area (Å²) in [5.41, 5.74) is 0. The third-order valence-corrected chi connectivity index (χ3v) is 7.87. The normalized spacial score (nSPS) is 15.3. The van der Waals surface area contributed by atoms with Crippen molar-refractivity contribution in [1.82, 2.24) is 0 Å². The Hall–Kier alpha value is -0.0900. The Morgan fingerprint density at radius 3 is 1.75 bits per heavy atom. The highest BCUT2D eigenvalue weighted by Gasteiger charge is 2.25. The largest absolute Gasteiger partial charge is 0.472 e. The number of unbranched alkanes of at least 4 members (excludes halogenated alkanes) is 14. The summed E-state index contributed by atoms with van der Waals surface area (Å²) in [6.45, 7) is 3.92. The highest BCUT2D eigenvalue weighted by atomic mass is 31.2. The van der Waals surface area contributed by atoms with Crippen molar-refractivity contribution in [2.75, 3.05) is 67.3 Å². The number of nitrogens with zero attached hydrogens (tertiary/aromatic N) is 1. The monoisotopic (exact) mass is 598 g/mol. The number of quaternary nitrogens is 1. The molecule has 0 aromatic heterocycles. The summed E-state index contributed by atoms with van der Waals surface area (Å²) in [4.78, 5) is 10.0. The van der Waals surface area contributed by atoms with E-state index >= 15 is 0 Å². The van der Waals surface area contributed by atoms with Crippen LogP contribution in [0.4, 0.5) is 0 Å². The molecule has 3 unspecified atom stereocenters. The minimum atomic E-state index is -4.18. The molecule has 3 N–H and O–H groups in total. The van der Waals surface area contributed by atoms with E-state index in [-0.39, 0.29) is 26.4 Å². The van der Waals surface area contributed by atoms with Crippen LogP contribution in [-0.2, 0) is 23.1 Å². The van der Waals surface area contributed by atoms with Crippen LogP contribution >= 0.6 is 7.82 Å². The van der Waals surface area contributed by atoms with Gasteiger partial charge in [-0.3, -0.25) is 9.05 Å². The number of phosphoric ester groups is 1. The van der Waals surface area contributed by atoms with Crippen molar-refractivity contribution in [2.45, 2.75) is 128 Å². The van der Waals surface area contributed by atoms with E-state index in [0.29, 0.717) is 43.5 Å². The lowest BCUT2D eigenvalue weighted by Crippen LogP contribution is -2.37. The minimum absolute atomic E-state index is 0.101. The molecule has 0 bridgehead atoms. The van der Waals surface area contributed by atoms with Crippen LogP contribution in [0.3, 0.4) is 0 Å². The zero-order chi connectivity index (χ0) is 30.0. The van der Waals surface area contributed by atoms with Crippen molar-refractivity contribution in [3.63, 3.8) is 0 Å². The Balaban J connectivity index is 4.06. The predicted molar refractivity (Wildman–Crippen MR) is 162 cm³/mol. The first-order chi connectivity index (χ1) is 19.1. The highest BCUT2D eigenvalue weighted by molar-refractivity contribution is 7.47. The van der Waals surface area contributed by atoms with Gasteiger partial charge in [0.05, 0.1) is 47.1 Å². The van der Waals surface area contributed by atoms with E-state index in [9.17, 15) is 14.6 Å². The second kappa shape index (κ2) is 26.5. The molecule has 0 aromatic rings. The van der Waals surface area contributed by atoms with E-state index in [2.05, 4.69) is 6.92 Å². The lowest BCUT2D eigenvalue weighted by atomic mass is 10.0. The molecule has 0 aliphatic heterocycles. The van der Waals surface area contributed by atoms with Crippen LogP contribution in [0.1, 0.15) is 116 Å². The van der Waals surface area contributed by atoms with Gasteiger partial charge in [-0.25, -0.2) is 4.57 Å². The Kier molecular flexibility index (Phi) is 26.5. The molecule has 0 aliphatic carbocycles. The molecular weight excluding hydrogens is 533 g/mol. The average molecular weight is 599 g/mol. The second-order valence-electron chi connectivity index (χ2n) is 12.1. The summed E-state index contributed by atoms with van der Waals surface area (Å²) in [6, 6.07) is 0. The Morgan fingerprint density at radius 1 is 0.700 bits per heavy atom. The average Bonchev–Trinajstić information content (AvgIpc) is 2.89. The standard InChI is InChI=1S/C30H64NO8P/c1-5-6-7-8-9-10-11-12-13-14-15-16-17-19-23-36-27-30(37-24-20-18-21-29(33)26-32)28-39-40(34,35)38-25-22-31(2,3)4/h29-30,32-33H,5-28H2,1-4H3/p+1. The number of ether oxygens (including phenoxy) is 2. The number of aliphatic hydroxyl groups is 2. The van der Waals surface area contributed by atoms with Crippen LogP contribution in [0.5, 0.6) is 0 Å². The van der Waals surface area contributed by atoms with Gasteiger partial charge in [0.15, 0.2) is 0 Å². The number of phosphoric acid groups is 1. The number of likely N-dealkylation sites (N-methyl/N-ethyl adjacent to an activating group) is 1. The maximum Gasteiger partial charge on any atom is 0.472 e. The van der Waals surface area contributed by atoms with E-state index in [1.165, 1.54) is 77.0 Å². The van der Waals surface area contributed by atoms with Crippen molar-refractivity contribution >= 4 is 7.82 Å². The van der Waals surface area contributed by atoms with Crippen LogP contribution in [0.15, 0.2) is 0 Å². The van der Waals surface area contributed by atoms with E-state index in [1.54, 1.807) is 0 Å².